The van der Waals surface area contributed by atoms with Gasteiger partial charge in [-0.15, -0.1) is 11.3 Å². The Hall–Kier alpha value is -3.30. The first kappa shape index (κ1) is 21.0. The van der Waals surface area contributed by atoms with Crippen molar-refractivity contribution in [2.75, 3.05) is 6.61 Å². The molecule has 0 saturated carbocycles. The first-order chi connectivity index (χ1) is 15.0. The maximum Gasteiger partial charge on any atom is 0.367 e. The fourth-order valence-corrected chi connectivity index (χ4v) is 3.72. The minimum atomic E-state index is -0.504. The number of thiazole rings is 1. The molecule has 3 aromatic heterocycles. The number of fused-ring (bicyclic) bond motifs is 1. The number of rotatable bonds is 6. The van der Waals surface area contributed by atoms with Crippen LogP contribution in [-0.4, -0.2) is 32.5 Å². The van der Waals surface area contributed by atoms with Gasteiger partial charge in [-0.3, -0.25) is 9.78 Å². The van der Waals surface area contributed by atoms with Crippen LogP contribution in [0.2, 0.25) is 5.02 Å². The average molecular weight is 457 g/mol. The topological polar surface area (TPSA) is 107 Å². The average Bonchev–Trinajstić information content (AvgIpc) is 3.25. The summed E-state index contributed by atoms with van der Waals surface area (Å²) in [7, 11) is 0. The molecule has 0 saturated heterocycles. The zero-order valence-electron chi connectivity index (χ0n) is 16.6. The van der Waals surface area contributed by atoms with Gasteiger partial charge < -0.3 is 14.5 Å². The Labute approximate surface area is 185 Å². The number of aryl methyl sites for hydroxylation is 1. The number of esters is 1. The van der Waals surface area contributed by atoms with Crippen molar-refractivity contribution < 1.29 is 14.3 Å². The summed E-state index contributed by atoms with van der Waals surface area (Å²) in [5.74, 6) is 0.378. The van der Waals surface area contributed by atoms with E-state index in [4.69, 9.17) is 21.1 Å². The van der Waals surface area contributed by atoms with E-state index in [1.165, 1.54) is 6.20 Å². The highest BCUT2D eigenvalue weighted by Crippen LogP contribution is 2.26. The second-order valence-corrected chi connectivity index (χ2v) is 7.79. The SMILES string of the molecule is CCOC(=O)c1nc(-c2nccc3c(=O)[nH]c(COc4ccc(C)c(Cl)c4)nc23)cs1. The lowest BCUT2D eigenvalue weighted by Crippen LogP contribution is -2.14. The first-order valence-corrected chi connectivity index (χ1v) is 10.6. The number of hydrogen-bond acceptors (Lipinski definition) is 8. The number of ether oxygens (including phenoxy) is 2. The molecule has 1 aromatic carbocycles. The van der Waals surface area contributed by atoms with Gasteiger partial charge >= 0.3 is 5.97 Å². The van der Waals surface area contributed by atoms with E-state index in [-0.39, 0.29) is 23.8 Å². The Kier molecular flexibility index (Phi) is 5.97. The Morgan fingerprint density at radius 2 is 2.10 bits per heavy atom. The largest absolute Gasteiger partial charge is 0.486 e. The lowest BCUT2D eigenvalue weighted by molar-refractivity contribution is 0.0526. The van der Waals surface area contributed by atoms with Gasteiger partial charge in [0, 0.05) is 16.6 Å². The molecular weight excluding hydrogens is 440 g/mol. The van der Waals surface area contributed by atoms with Crippen molar-refractivity contribution in [3.05, 3.63) is 67.6 Å². The Morgan fingerprint density at radius 3 is 2.87 bits per heavy atom. The van der Waals surface area contributed by atoms with E-state index in [1.54, 1.807) is 30.5 Å². The summed E-state index contributed by atoms with van der Waals surface area (Å²) >= 11 is 7.27. The van der Waals surface area contributed by atoms with E-state index in [2.05, 4.69) is 19.9 Å². The van der Waals surface area contributed by atoms with E-state index in [1.807, 2.05) is 13.0 Å². The molecule has 0 radical (unpaired) electrons. The van der Waals surface area contributed by atoms with Crippen LogP contribution in [0.1, 0.15) is 28.1 Å². The van der Waals surface area contributed by atoms with Crippen molar-refractivity contribution in [1.82, 2.24) is 19.9 Å². The number of halogens is 1. The van der Waals surface area contributed by atoms with Crippen molar-refractivity contribution in [3.63, 3.8) is 0 Å². The minimum absolute atomic E-state index is 0.0318. The number of carbonyl (C=O) groups excluding carboxylic acids is 1. The molecule has 0 atom stereocenters. The second-order valence-electron chi connectivity index (χ2n) is 6.53. The molecule has 158 valence electrons. The molecule has 0 amide bonds. The maximum absolute atomic E-state index is 12.6. The number of carbonyl (C=O) groups is 1. The summed E-state index contributed by atoms with van der Waals surface area (Å²) in [6.07, 6.45) is 1.50. The third-order valence-corrected chi connectivity index (χ3v) is 5.62. The van der Waals surface area contributed by atoms with E-state index in [9.17, 15) is 9.59 Å². The van der Waals surface area contributed by atoms with Crippen LogP contribution in [0.5, 0.6) is 5.75 Å². The smallest absolute Gasteiger partial charge is 0.367 e. The van der Waals surface area contributed by atoms with Gasteiger partial charge in [0.1, 0.15) is 35.1 Å². The molecular formula is C21H17ClN4O4S. The number of H-pyrrole nitrogens is 1. The van der Waals surface area contributed by atoms with Crippen molar-refractivity contribution in [2.24, 2.45) is 0 Å². The molecule has 1 N–H and O–H groups in total. The molecule has 0 bridgehead atoms. The van der Waals surface area contributed by atoms with Gasteiger partial charge in [0.05, 0.1) is 12.0 Å². The number of benzene rings is 1. The van der Waals surface area contributed by atoms with Crippen LogP contribution >= 0.6 is 22.9 Å². The van der Waals surface area contributed by atoms with Crippen LogP contribution in [0.25, 0.3) is 22.3 Å². The molecule has 4 rings (SSSR count). The third kappa shape index (κ3) is 4.42. The van der Waals surface area contributed by atoms with Crippen LogP contribution < -0.4 is 10.3 Å². The number of nitrogens with one attached hydrogen (secondary N) is 1. The summed E-state index contributed by atoms with van der Waals surface area (Å²) in [6, 6.07) is 6.92. The second kappa shape index (κ2) is 8.83. The lowest BCUT2D eigenvalue weighted by atomic mass is 10.2. The Morgan fingerprint density at radius 1 is 1.26 bits per heavy atom. The highest BCUT2D eigenvalue weighted by atomic mass is 35.5. The summed E-state index contributed by atoms with van der Waals surface area (Å²) in [5.41, 5.74) is 1.82. The van der Waals surface area contributed by atoms with Crippen LogP contribution in [0.3, 0.4) is 0 Å². The normalized spacial score (nSPS) is 10.9. The van der Waals surface area contributed by atoms with Crippen molar-refractivity contribution in [1.29, 1.82) is 0 Å². The first-order valence-electron chi connectivity index (χ1n) is 9.36. The van der Waals surface area contributed by atoms with Gasteiger partial charge in [0.15, 0.2) is 0 Å². The van der Waals surface area contributed by atoms with Crippen molar-refractivity contribution in [3.8, 4) is 17.1 Å². The highest BCUT2D eigenvalue weighted by molar-refractivity contribution is 7.11. The van der Waals surface area contributed by atoms with E-state index < -0.39 is 5.97 Å². The van der Waals surface area contributed by atoms with Crippen LogP contribution in [-0.2, 0) is 11.3 Å². The predicted octanol–water partition coefficient (Wildman–Crippen LogP) is 4.16. The number of pyridine rings is 1. The molecule has 0 aliphatic rings. The molecule has 3 heterocycles. The molecule has 31 heavy (non-hydrogen) atoms. The van der Waals surface area contributed by atoms with Gasteiger partial charge in [-0.1, -0.05) is 17.7 Å². The zero-order chi connectivity index (χ0) is 22.0. The summed E-state index contributed by atoms with van der Waals surface area (Å²) < 4.78 is 10.7. The van der Waals surface area contributed by atoms with E-state index >= 15 is 0 Å². The fourth-order valence-electron chi connectivity index (χ4n) is 2.85. The van der Waals surface area contributed by atoms with Crippen molar-refractivity contribution >= 4 is 39.8 Å². The van der Waals surface area contributed by atoms with E-state index in [0.29, 0.717) is 38.9 Å². The molecule has 0 fully saturated rings. The Bertz CT molecular complexity index is 1330. The van der Waals surface area contributed by atoms with Crippen molar-refractivity contribution in [2.45, 2.75) is 20.5 Å². The van der Waals surface area contributed by atoms with Crippen LogP contribution in [0.15, 0.2) is 40.6 Å². The number of hydrogen-bond donors (Lipinski definition) is 1. The van der Waals surface area contributed by atoms with Gasteiger partial charge in [-0.25, -0.2) is 14.8 Å². The Balaban J connectivity index is 1.68. The van der Waals surface area contributed by atoms with Gasteiger partial charge in [0.2, 0.25) is 5.01 Å². The minimum Gasteiger partial charge on any atom is -0.486 e. The molecule has 4 aromatic rings. The molecule has 10 heteroatoms. The maximum atomic E-state index is 12.6. The third-order valence-electron chi connectivity index (χ3n) is 4.39. The van der Waals surface area contributed by atoms with Gasteiger partial charge in [-0.05, 0) is 37.6 Å². The predicted molar refractivity (Wildman–Crippen MR) is 118 cm³/mol. The monoisotopic (exact) mass is 456 g/mol. The number of aromatic amines is 1. The summed E-state index contributed by atoms with van der Waals surface area (Å²) in [6.45, 7) is 3.91. The molecule has 0 spiro atoms. The summed E-state index contributed by atoms with van der Waals surface area (Å²) in [4.78, 5) is 40.4. The standard InChI is InChI=1S/C21H17ClN4O4S/c1-3-29-21(28)20-24-15(10-31-20)18-17-13(6-7-23-18)19(27)26-16(25-17)9-30-12-5-4-11(2)14(22)8-12/h4-8,10H,3,9H2,1-2H3,(H,25,26,27). The molecule has 8 nitrogen and oxygen atoms in total. The molecule has 0 unspecified atom stereocenters. The van der Waals surface area contributed by atoms with Gasteiger partial charge in [0.25, 0.3) is 5.56 Å². The quantitative estimate of drug-likeness (QED) is 0.434. The van der Waals surface area contributed by atoms with Crippen LogP contribution in [0, 0.1) is 6.92 Å². The van der Waals surface area contributed by atoms with Gasteiger partial charge in [-0.2, -0.15) is 0 Å². The van der Waals surface area contributed by atoms with Crippen LogP contribution in [0.4, 0.5) is 0 Å². The zero-order valence-corrected chi connectivity index (χ0v) is 18.2. The number of aromatic nitrogens is 4. The van der Waals surface area contributed by atoms with E-state index in [0.717, 1.165) is 16.9 Å². The number of nitrogens with zero attached hydrogens (tertiary/aromatic N) is 3. The lowest BCUT2D eigenvalue weighted by Gasteiger charge is -2.09. The summed E-state index contributed by atoms with van der Waals surface area (Å²) in [5, 5.41) is 2.84. The molecule has 0 aliphatic carbocycles. The molecule has 0 aliphatic heterocycles. The fraction of sp³-hybridized carbons (Fsp3) is 0.190. The highest BCUT2D eigenvalue weighted by Gasteiger charge is 2.17.